The Bertz CT molecular complexity index is 619. The second kappa shape index (κ2) is 9.27. The van der Waals surface area contributed by atoms with Gasteiger partial charge in [-0.15, -0.1) is 0 Å². The molecule has 7 heteroatoms. The molecule has 0 atom stereocenters. The minimum absolute atomic E-state index is 0.189. The summed E-state index contributed by atoms with van der Waals surface area (Å²) in [5.74, 6) is 1.11. The highest BCUT2D eigenvalue weighted by atomic mass is 16.5. The summed E-state index contributed by atoms with van der Waals surface area (Å²) in [6.45, 7) is 4.21. The first-order chi connectivity index (χ1) is 12.1. The number of urea groups is 1. The fourth-order valence-electron chi connectivity index (χ4n) is 2.87. The van der Waals surface area contributed by atoms with E-state index in [2.05, 4.69) is 10.6 Å². The van der Waals surface area contributed by atoms with Crippen LogP contribution >= 0.6 is 0 Å². The number of hydrogen-bond acceptors (Lipinski definition) is 5. The molecule has 0 bridgehead atoms. The SMILES string of the molecule is CCCCNC(=O)NC(=O)CN1CCc2cc(OC)c(OC)cc2C1. The highest BCUT2D eigenvalue weighted by Crippen LogP contribution is 2.33. The fraction of sp³-hybridized carbons (Fsp3) is 0.556. The third-order valence-corrected chi connectivity index (χ3v) is 4.23. The van der Waals surface area contributed by atoms with E-state index in [1.54, 1.807) is 14.2 Å². The molecule has 0 aromatic heterocycles. The molecule has 0 radical (unpaired) electrons. The second-order valence-corrected chi connectivity index (χ2v) is 6.09. The van der Waals surface area contributed by atoms with Crippen LogP contribution in [-0.2, 0) is 17.8 Å². The summed E-state index contributed by atoms with van der Waals surface area (Å²) in [6, 6.07) is 3.52. The van der Waals surface area contributed by atoms with Crippen molar-refractivity contribution >= 4 is 11.9 Å². The van der Waals surface area contributed by atoms with Gasteiger partial charge in [-0.05, 0) is 36.1 Å². The molecule has 1 heterocycles. The van der Waals surface area contributed by atoms with Gasteiger partial charge >= 0.3 is 6.03 Å². The Labute approximate surface area is 148 Å². The van der Waals surface area contributed by atoms with Crippen molar-refractivity contribution in [2.24, 2.45) is 0 Å². The number of rotatable bonds is 7. The van der Waals surface area contributed by atoms with Gasteiger partial charge in [-0.25, -0.2) is 4.79 Å². The van der Waals surface area contributed by atoms with E-state index in [4.69, 9.17) is 9.47 Å². The summed E-state index contributed by atoms with van der Waals surface area (Å²) in [5.41, 5.74) is 2.32. The molecule has 3 amide bonds. The molecular formula is C18H27N3O4. The molecule has 25 heavy (non-hydrogen) atoms. The summed E-state index contributed by atoms with van der Waals surface area (Å²) in [4.78, 5) is 25.7. The van der Waals surface area contributed by atoms with E-state index in [0.717, 1.165) is 37.1 Å². The second-order valence-electron chi connectivity index (χ2n) is 6.09. The molecule has 0 saturated carbocycles. The molecular weight excluding hydrogens is 322 g/mol. The van der Waals surface area contributed by atoms with Gasteiger partial charge in [0, 0.05) is 19.6 Å². The number of hydrogen-bond donors (Lipinski definition) is 2. The third-order valence-electron chi connectivity index (χ3n) is 4.23. The number of imide groups is 1. The van der Waals surface area contributed by atoms with Gasteiger partial charge in [0.1, 0.15) is 0 Å². The Hall–Kier alpha value is -2.28. The summed E-state index contributed by atoms with van der Waals surface area (Å²) in [7, 11) is 3.23. The number of methoxy groups -OCH3 is 2. The predicted octanol–water partition coefficient (Wildman–Crippen LogP) is 1.69. The average molecular weight is 349 g/mol. The topological polar surface area (TPSA) is 79.9 Å². The molecule has 1 aliphatic rings. The molecule has 0 fully saturated rings. The molecule has 2 N–H and O–H groups in total. The van der Waals surface area contributed by atoms with E-state index in [0.29, 0.717) is 18.8 Å². The van der Waals surface area contributed by atoms with Crippen LogP contribution in [0.4, 0.5) is 4.79 Å². The van der Waals surface area contributed by atoms with E-state index in [1.807, 2.05) is 24.0 Å². The smallest absolute Gasteiger partial charge is 0.321 e. The summed E-state index contributed by atoms with van der Waals surface area (Å²) < 4.78 is 10.7. The van der Waals surface area contributed by atoms with Crippen LogP contribution < -0.4 is 20.1 Å². The maximum Gasteiger partial charge on any atom is 0.321 e. The fourth-order valence-corrected chi connectivity index (χ4v) is 2.87. The molecule has 2 rings (SSSR count). The quantitative estimate of drug-likeness (QED) is 0.732. The number of benzene rings is 1. The lowest BCUT2D eigenvalue weighted by atomic mass is 9.99. The van der Waals surface area contributed by atoms with Gasteiger partial charge in [-0.3, -0.25) is 15.0 Å². The minimum atomic E-state index is -0.428. The highest BCUT2D eigenvalue weighted by Gasteiger charge is 2.21. The Kier molecular flexibility index (Phi) is 7.06. The van der Waals surface area contributed by atoms with Crippen LogP contribution in [0.15, 0.2) is 12.1 Å². The summed E-state index contributed by atoms with van der Waals surface area (Å²) in [6.07, 6.45) is 2.72. The van der Waals surface area contributed by atoms with Gasteiger partial charge in [0.05, 0.1) is 20.8 Å². The number of amides is 3. The largest absolute Gasteiger partial charge is 0.493 e. The molecule has 138 valence electrons. The first-order valence-corrected chi connectivity index (χ1v) is 8.61. The number of unbranched alkanes of at least 4 members (excludes halogenated alkanes) is 1. The predicted molar refractivity (Wildman–Crippen MR) is 95.0 cm³/mol. The van der Waals surface area contributed by atoms with Crippen molar-refractivity contribution in [1.29, 1.82) is 0 Å². The van der Waals surface area contributed by atoms with E-state index in [1.165, 1.54) is 5.56 Å². The Morgan fingerprint density at radius 3 is 2.48 bits per heavy atom. The van der Waals surface area contributed by atoms with Crippen molar-refractivity contribution in [2.45, 2.75) is 32.7 Å². The Balaban J connectivity index is 1.89. The number of carbonyl (C=O) groups excluding carboxylic acids is 2. The molecule has 7 nitrogen and oxygen atoms in total. The van der Waals surface area contributed by atoms with Gasteiger partial charge < -0.3 is 14.8 Å². The molecule has 1 aliphatic heterocycles. The van der Waals surface area contributed by atoms with Crippen LogP contribution in [-0.4, -0.2) is 50.7 Å². The lowest BCUT2D eigenvalue weighted by Crippen LogP contribution is -2.45. The van der Waals surface area contributed by atoms with Crippen LogP contribution in [0.2, 0.25) is 0 Å². The van der Waals surface area contributed by atoms with Crippen molar-refractivity contribution in [3.63, 3.8) is 0 Å². The van der Waals surface area contributed by atoms with E-state index in [9.17, 15) is 9.59 Å². The van der Waals surface area contributed by atoms with Crippen molar-refractivity contribution in [3.8, 4) is 11.5 Å². The van der Waals surface area contributed by atoms with E-state index >= 15 is 0 Å². The summed E-state index contributed by atoms with van der Waals surface area (Å²) >= 11 is 0. The molecule has 0 unspecified atom stereocenters. The van der Waals surface area contributed by atoms with Crippen molar-refractivity contribution in [2.75, 3.05) is 33.9 Å². The Morgan fingerprint density at radius 1 is 1.16 bits per heavy atom. The monoisotopic (exact) mass is 349 g/mol. The zero-order valence-electron chi connectivity index (χ0n) is 15.2. The number of fused-ring (bicyclic) bond motifs is 1. The van der Waals surface area contributed by atoms with Crippen LogP contribution in [0.3, 0.4) is 0 Å². The van der Waals surface area contributed by atoms with Crippen LogP contribution in [0.25, 0.3) is 0 Å². The maximum atomic E-state index is 12.0. The zero-order chi connectivity index (χ0) is 18.2. The molecule has 0 aliphatic carbocycles. The van der Waals surface area contributed by atoms with Gasteiger partial charge in [0.2, 0.25) is 5.91 Å². The first kappa shape index (κ1) is 19.1. The number of nitrogens with one attached hydrogen (secondary N) is 2. The van der Waals surface area contributed by atoms with Crippen molar-refractivity contribution in [3.05, 3.63) is 23.3 Å². The maximum absolute atomic E-state index is 12.0. The zero-order valence-corrected chi connectivity index (χ0v) is 15.2. The van der Waals surface area contributed by atoms with Gasteiger partial charge in [0.25, 0.3) is 0 Å². The lowest BCUT2D eigenvalue weighted by molar-refractivity contribution is -0.121. The molecule has 0 spiro atoms. The standard InChI is InChI=1S/C18H27N3O4/c1-4-5-7-19-18(23)20-17(22)12-21-8-6-13-9-15(24-2)16(25-3)10-14(13)11-21/h9-10H,4-8,11-12H2,1-3H3,(H2,19,20,22,23). The number of nitrogens with zero attached hydrogens (tertiary/aromatic N) is 1. The van der Waals surface area contributed by atoms with Gasteiger partial charge in [-0.1, -0.05) is 13.3 Å². The first-order valence-electron chi connectivity index (χ1n) is 8.61. The van der Waals surface area contributed by atoms with Crippen molar-refractivity contribution in [1.82, 2.24) is 15.5 Å². The van der Waals surface area contributed by atoms with Crippen LogP contribution in [0.5, 0.6) is 11.5 Å². The molecule has 1 aromatic carbocycles. The average Bonchev–Trinajstić information content (AvgIpc) is 2.60. The van der Waals surface area contributed by atoms with Gasteiger partial charge in [-0.2, -0.15) is 0 Å². The third kappa shape index (κ3) is 5.35. The van der Waals surface area contributed by atoms with Crippen molar-refractivity contribution < 1.29 is 19.1 Å². The van der Waals surface area contributed by atoms with E-state index in [-0.39, 0.29) is 12.5 Å². The van der Waals surface area contributed by atoms with Crippen LogP contribution in [0, 0.1) is 0 Å². The van der Waals surface area contributed by atoms with Gasteiger partial charge in [0.15, 0.2) is 11.5 Å². The van der Waals surface area contributed by atoms with Crippen LogP contribution in [0.1, 0.15) is 30.9 Å². The minimum Gasteiger partial charge on any atom is -0.493 e. The molecule has 0 saturated heterocycles. The number of carbonyl (C=O) groups is 2. The Morgan fingerprint density at radius 2 is 1.84 bits per heavy atom. The number of ether oxygens (including phenoxy) is 2. The summed E-state index contributed by atoms with van der Waals surface area (Å²) in [5, 5.41) is 5.05. The normalized spacial score (nSPS) is 13.7. The van der Waals surface area contributed by atoms with E-state index < -0.39 is 6.03 Å². The molecule has 1 aromatic rings. The lowest BCUT2D eigenvalue weighted by Gasteiger charge is -2.28. The highest BCUT2D eigenvalue weighted by molar-refractivity contribution is 5.95.